The number of carboxylic acid groups (broad SMARTS) is 1. The van der Waals surface area contributed by atoms with E-state index >= 15 is 0 Å². The molecule has 0 aliphatic carbocycles. The summed E-state index contributed by atoms with van der Waals surface area (Å²) >= 11 is 7.73. The Morgan fingerprint density at radius 1 is 1.57 bits per heavy atom. The molecular weight excluding hydrogens is 318 g/mol. The molecule has 0 saturated carbocycles. The second-order valence-corrected chi connectivity index (χ2v) is 4.18. The lowest BCUT2D eigenvalue weighted by Crippen LogP contribution is -2.05. The van der Waals surface area contributed by atoms with Crippen molar-refractivity contribution in [2.24, 2.45) is 0 Å². The van der Waals surface area contributed by atoms with Crippen LogP contribution in [0, 0.1) is 3.57 Å². The maximum absolute atomic E-state index is 10.8. The van der Waals surface area contributed by atoms with E-state index in [0.29, 0.717) is 16.2 Å². The van der Waals surface area contributed by atoms with E-state index in [2.05, 4.69) is 4.98 Å². The average Bonchev–Trinajstić information content (AvgIpc) is 2.44. The Morgan fingerprint density at radius 2 is 2.29 bits per heavy atom. The Hall–Kier alpha value is -0.820. The molecule has 14 heavy (non-hydrogen) atoms. The molecule has 2 aromatic heterocycles. The highest BCUT2D eigenvalue weighted by Gasteiger charge is 2.12. The van der Waals surface area contributed by atoms with Crippen molar-refractivity contribution in [2.45, 2.75) is 0 Å². The number of aromatic nitrogens is 2. The summed E-state index contributed by atoms with van der Waals surface area (Å²) < 4.78 is 1.89. The van der Waals surface area contributed by atoms with Crippen LogP contribution in [0.25, 0.3) is 11.0 Å². The maximum atomic E-state index is 10.8. The zero-order chi connectivity index (χ0) is 10.3. The van der Waals surface area contributed by atoms with Crippen LogP contribution in [0.15, 0.2) is 18.3 Å². The molecule has 6 heteroatoms. The smallest absolute Gasteiger partial charge is 0.416 e. The van der Waals surface area contributed by atoms with Crippen molar-refractivity contribution in [3.05, 3.63) is 27.1 Å². The Morgan fingerprint density at radius 3 is 2.93 bits per heavy atom. The molecule has 0 radical (unpaired) electrons. The van der Waals surface area contributed by atoms with Crippen LogP contribution >= 0.6 is 34.2 Å². The van der Waals surface area contributed by atoms with Crippen LogP contribution in [0.3, 0.4) is 0 Å². The highest BCUT2D eigenvalue weighted by Crippen LogP contribution is 2.22. The number of halogens is 2. The summed E-state index contributed by atoms with van der Waals surface area (Å²) in [7, 11) is 0. The van der Waals surface area contributed by atoms with Gasteiger partial charge in [0.2, 0.25) is 0 Å². The van der Waals surface area contributed by atoms with Crippen molar-refractivity contribution in [2.75, 3.05) is 0 Å². The topological polar surface area (TPSA) is 55.1 Å². The lowest BCUT2D eigenvalue weighted by molar-refractivity contribution is 0.197. The summed E-state index contributed by atoms with van der Waals surface area (Å²) in [6.07, 6.45) is 0.485. The number of hydrogen-bond donors (Lipinski definition) is 1. The Balaban J connectivity index is 2.84. The van der Waals surface area contributed by atoms with Crippen molar-refractivity contribution in [3.8, 4) is 0 Å². The van der Waals surface area contributed by atoms with Gasteiger partial charge < -0.3 is 5.11 Å². The molecule has 0 unspecified atom stereocenters. The molecular formula is C8H4ClIN2O2. The third kappa shape index (κ3) is 1.46. The third-order valence-electron chi connectivity index (χ3n) is 1.77. The van der Waals surface area contributed by atoms with Gasteiger partial charge in [0.25, 0.3) is 0 Å². The predicted molar refractivity (Wildman–Crippen MR) is 60.9 cm³/mol. The fourth-order valence-electron chi connectivity index (χ4n) is 1.20. The minimum atomic E-state index is -1.03. The minimum absolute atomic E-state index is 0.360. The standard InChI is InChI=1S/C8H4ClIN2O2/c9-6-2-1-5-7(11-6)4(10)3-12(5)8(13)14/h1-3H,(H,13,14). The molecule has 0 aliphatic heterocycles. The van der Waals surface area contributed by atoms with Gasteiger partial charge in [0, 0.05) is 6.20 Å². The molecule has 0 aliphatic rings. The summed E-state index contributed by atoms with van der Waals surface area (Å²) in [6, 6.07) is 3.21. The molecule has 2 aromatic rings. The monoisotopic (exact) mass is 322 g/mol. The minimum Gasteiger partial charge on any atom is -0.464 e. The zero-order valence-electron chi connectivity index (χ0n) is 6.74. The van der Waals surface area contributed by atoms with Crippen molar-refractivity contribution < 1.29 is 9.90 Å². The van der Waals surface area contributed by atoms with E-state index in [0.717, 1.165) is 8.14 Å². The zero-order valence-corrected chi connectivity index (χ0v) is 9.65. The molecule has 1 N–H and O–H groups in total. The molecule has 72 valence electrons. The number of carbonyl (C=O) groups is 1. The van der Waals surface area contributed by atoms with E-state index in [-0.39, 0.29) is 0 Å². The van der Waals surface area contributed by atoms with Crippen LogP contribution in [0.5, 0.6) is 0 Å². The maximum Gasteiger partial charge on any atom is 0.416 e. The van der Waals surface area contributed by atoms with Gasteiger partial charge in [0.05, 0.1) is 9.09 Å². The fourth-order valence-corrected chi connectivity index (χ4v) is 2.02. The molecule has 0 aromatic carbocycles. The van der Waals surface area contributed by atoms with Crippen LogP contribution < -0.4 is 0 Å². The average molecular weight is 322 g/mol. The summed E-state index contributed by atoms with van der Waals surface area (Å²) in [5, 5.41) is 9.22. The molecule has 2 rings (SSSR count). The lowest BCUT2D eigenvalue weighted by Gasteiger charge is -1.96. The van der Waals surface area contributed by atoms with Crippen molar-refractivity contribution in [3.63, 3.8) is 0 Å². The van der Waals surface area contributed by atoms with Gasteiger partial charge in [-0.25, -0.2) is 14.3 Å². The second kappa shape index (κ2) is 3.39. The van der Waals surface area contributed by atoms with Crippen molar-refractivity contribution in [1.82, 2.24) is 9.55 Å². The third-order valence-corrected chi connectivity index (χ3v) is 2.77. The van der Waals surface area contributed by atoms with E-state index < -0.39 is 6.09 Å². The van der Waals surface area contributed by atoms with E-state index in [1.54, 1.807) is 12.1 Å². The summed E-state index contributed by atoms with van der Waals surface area (Å²) in [5.41, 5.74) is 1.16. The number of fused-ring (bicyclic) bond motifs is 1. The largest absolute Gasteiger partial charge is 0.464 e. The first-order valence-electron chi connectivity index (χ1n) is 3.66. The van der Waals surface area contributed by atoms with Crippen molar-refractivity contribution >= 4 is 51.3 Å². The fraction of sp³-hybridized carbons (Fsp3) is 0. The van der Waals surface area contributed by atoms with Gasteiger partial charge in [-0.1, -0.05) is 11.6 Å². The van der Waals surface area contributed by atoms with Gasteiger partial charge in [0.15, 0.2) is 0 Å². The first-order valence-corrected chi connectivity index (χ1v) is 5.11. The molecule has 4 nitrogen and oxygen atoms in total. The summed E-state index contributed by atoms with van der Waals surface area (Å²) in [4.78, 5) is 14.9. The van der Waals surface area contributed by atoms with E-state index in [4.69, 9.17) is 16.7 Å². The van der Waals surface area contributed by atoms with Crippen LogP contribution in [0.4, 0.5) is 4.79 Å². The Labute approximate surface area is 97.6 Å². The summed E-state index contributed by atoms with van der Waals surface area (Å²) in [6.45, 7) is 0. The molecule has 2 heterocycles. The lowest BCUT2D eigenvalue weighted by atomic mass is 10.4. The molecule has 0 fully saturated rings. The first kappa shape index (κ1) is 9.72. The quantitative estimate of drug-likeness (QED) is 0.599. The first-order chi connectivity index (χ1) is 6.59. The number of hydrogen-bond acceptors (Lipinski definition) is 2. The normalized spacial score (nSPS) is 10.7. The number of pyridine rings is 1. The number of rotatable bonds is 0. The van der Waals surface area contributed by atoms with Gasteiger partial charge in [-0.3, -0.25) is 0 Å². The van der Waals surface area contributed by atoms with E-state index in [1.165, 1.54) is 6.20 Å². The summed E-state index contributed by atoms with van der Waals surface area (Å²) in [5.74, 6) is 0. The van der Waals surface area contributed by atoms with Crippen molar-refractivity contribution in [1.29, 1.82) is 0 Å². The molecule has 0 atom stereocenters. The van der Waals surface area contributed by atoms with Gasteiger partial charge in [-0.2, -0.15) is 0 Å². The van der Waals surface area contributed by atoms with Crippen LogP contribution in [0.1, 0.15) is 0 Å². The molecule has 0 spiro atoms. The molecule has 0 amide bonds. The van der Waals surface area contributed by atoms with Crippen LogP contribution in [-0.4, -0.2) is 20.8 Å². The van der Waals surface area contributed by atoms with Gasteiger partial charge in [-0.15, -0.1) is 0 Å². The SMILES string of the molecule is O=C(O)n1cc(I)c2nc(Cl)ccc21. The Kier molecular flexibility index (Phi) is 2.36. The van der Waals surface area contributed by atoms with Crippen LogP contribution in [0.2, 0.25) is 5.15 Å². The number of nitrogens with zero attached hydrogens (tertiary/aromatic N) is 2. The van der Waals surface area contributed by atoms with E-state index in [9.17, 15) is 4.79 Å². The molecule has 0 saturated heterocycles. The van der Waals surface area contributed by atoms with Crippen LogP contribution in [-0.2, 0) is 0 Å². The van der Waals surface area contributed by atoms with Gasteiger partial charge in [-0.05, 0) is 34.7 Å². The van der Waals surface area contributed by atoms with Gasteiger partial charge >= 0.3 is 6.09 Å². The second-order valence-electron chi connectivity index (χ2n) is 2.63. The predicted octanol–water partition coefficient (Wildman–Crippen LogP) is 2.82. The van der Waals surface area contributed by atoms with E-state index in [1.807, 2.05) is 22.6 Å². The van der Waals surface area contributed by atoms with Gasteiger partial charge in [0.1, 0.15) is 10.7 Å². The Bertz CT molecular complexity index is 523. The molecule has 0 bridgehead atoms. The highest BCUT2D eigenvalue weighted by molar-refractivity contribution is 14.1. The highest BCUT2D eigenvalue weighted by atomic mass is 127.